The van der Waals surface area contributed by atoms with Crippen molar-refractivity contribution in [2.75, 3.05) is 5.73 Å². The van der Waals surface area contributed by atoms with Crippen molar-refractivity contribution < 1.29 is 40.2 Å². The number of nitrogen functional groups attached to an aromatic ring is 1. The van der Waals surface area contributed by atoms with Gasteiger partial charge in [0.05, 0.1) is 22.9 Å². The van der Waals surface area contributed by atoms with E-state index in [2.05, 4.69) is 0 Å². The van der Waals surface area contributed by atoms with E-state index in [0.29, 0.717) is 0 Å². The van der Waals surface area contributed by atoms with Gasteiger partial charge in [0, 0.05) is 11.1 Å². The Labute approximate surface area is 187 Å². The Morgan fingerprint density at radius 3 is 2.36 bits per heavy atom. The van der Waals surface area contributed by atoms with Crippen molar-refractivity contribution in [2.24, 2.45) is 5.92 Å². The predicted octanol–water partition coefficient (Wildman–Crippen LogP) is 1.63. The molecule has 0 aromatic heterocycles. The van der Waals surface area contributed by atoms with E-state index in [4.69, 9.17) is 20.6 Å². The largest absolute Gasteiger partial charge is 0.457 e. The number of fused-ring (bicyclic) bond motifs is 6. The highest BCUT2D eigenvalue weighted by Gasteiger charge is 2.60. The molecule has 5 N–H and O–H groups in total. The van der Waals surface area contributed by atoms with Gasteiger partial charge in [-0.15, -0.1) is 0 Å². The van der Waals surface area contributed by atoms with Gasteiger partial charge in [-0.1, -0.05) is 24.3 Å². The van der Waals surface area contributed by atoms with Crippen LogP contribution in [0.1, 0.15) is 21.5 Å². The van der Waals surface area contributed by atoms with Crippen LogP contribution in [0.2, 0.25) is 0 Å². The Morgan fingerprint density at radius 1 is 1.00 bits per heavy atom. The lowest BCUT2D eigenvalue weighted by atomic mass is 9.71. The van der Waals surface area contributed by atoms with Crippen molar-refractivity contribution in [2.45, 2.75) is 10.5 Å². The van der Waals surface area contributed by atoms with Crippen molar-refractivity contribution in [1.29, 1.82) is 5.41 Å². The summed E-state index contributed by atoms with van der Waals surface area (Å²) in [5.74, 6) is -3.12. The number of hydrogen-bond donors (Lipinski definition) is 4. The number of carbonyl (C=O) groups is 1. The number of rotatable bonds is 2. The first-order valence-corrected chi connectivity index (χ1v) is 12.2. The zero-order chi connectivity index (χ0) is 23.9. The van der Waals surface area contributed by atoms with Crippen LogP contribution in [0.25, 0.3) is 0 Å². The Morgan fingerprint density at radius 2 is 1.70 bits per heavy atom. The zero-order valence-corrected chi connectivity index (χ0v) is 18.0. The maximum Gasteiger partial charge on any atom is 0.339 e. The van der Waals surface area contributed by atoms with Crippen LogP contribution in [0.15, 0.2) is 64.1 Å². The summed E-state index contributed by atoms with van der Waals surface area (Å²) >= 11 is 0. The topological polar surface area (TPSA) is 194 Å². The Hall–Kier alpha value is -3.52. The van der Waals surface area contributed by atoms with E-state index in [1.54, 1.807) is 12.1 Å². The van der Waals surface area contributed by atoms with Crippen LogP contribution in [0.3, 0.4) is 0 Å². The number of nitrogens with one attached hydrogen (secondary N) is 1. The van der Waals surface area contributed by atoms with E-state index in [0.717, 1.165) is 6.08 Å². The predicted molar refractivity (Wildman–Crippen MR) is 113 cm³/mol. The quantitative estimate of drug-likeness (QED) is 0.273. The number of anilines is 1. The summed E-state index contributed by atoms with van der Waals surface area (Å²) < 4.78 is 79.8. The number of ether oxygens (including phenoxy) is 2. The summed E-state index contributed by atoms with van der Waals surface area (Å²) in [6, 6.07) is 8.71. The van der Waals surface area contributed by atoms with Crippen LogP contribution >= 0.6 is 0 Å². The van der Waals surface area contributed by atoms with E-state index in [9.17, 15) is 30.7 Å². The minimum absolute atomic E-state index is 0.0239. The summed E-state index contributed by atoms with van der Waals surface area (Å²) in [6.45, 7) is 0. The monoisotopic (exact) mass is 490 g/mol. The van der Waals surface area contributed by atoms with Crippen molar-refractivity contribution in [3.05, 3.63) is 75.9 Å². The number of hydrogen-bond acceptors (Lipinski definition) is 9. The average molecular weight is 490 g/mol. The standard InChI is InChI=1S/C20H14N2O9S2/c21-13-7-5-11-15(17(13)32(24,25)26)30-16-12(6-8-14(22)18(16)33(27,28)29)20(11)10-4-2-1-3-9(10)19(23)31-20/h1-8,11,21H,22H2,(H,24,25,26)(H,27,28,29). The third kappa shape index (κ3) is 2.80. The number of benzene rings is 2. The molecule has 2 unspecified atom stereocenters. The molecule has 2 aromatic carbocycles. The Balaban J connectivity index is 2.00. The first-order chi connectivity index (χ1) is 15.4. The van der Waals surface area contributed by atoms with Crippen LogP contribution in [0, 0.1) is 11.3 Å². The smallest absolute Gasteiger partial charge is 0.339 e. The number of esters is 1. The summed E-state index contributed by atoms with van der Waals surface area (Å²) in [6.07, 6.45) is 2.46. The van der Waals surface area contributed by atoms with Crippen LogP contribution in [0.5, 0.6) is 5.75 Å². The molecule has 2 aromatic rings. The molecule has 2 aliphatic heterocycles. The van der Waals surface area contributed by atoms with Gasteiger partial charge < -0.3 is 15.2 Å². The number of nitrogens with two attached hydrogens (primary N) is 1. The molecule has 0 saturated carbocycles. The lowest BCUT2D eigenvalue weighted by molar-refractivity contribution is -0.0149. The SMILES string of the molecule is N=C1C=CC2C(=C1S(=O)(=O)O)Oc1c(ccc(N)c1S(=O)(=O)O)C21OC(=O)c2ccccc21. The Kier molecular flexibility index (Phi) is 4.21. The van der Waals surface area contributed by atoms with Gasteiger partial charge in [0.15, 0.2) is 21.2 Å². The minimum Gasteiger partial charge on any atom is -0.457 e. The molecule has 1 aliphatic carbocycles. The third-order valence-electron chi connectivity index (χ3n) is 5.72. The van der Waals surface area contributed by atoms with Crippen LogP contribution < -0.4 is 10.5 Å². The van der Waals surface area contributed by atoms with Crippen LogP contribution in [0.4, 0.5) is 5.69 Å². The molecule has 11 nitrogen and oxygen atoms in total. The second kappa shape index (κ2) is 6.51. The third-order valence-corrected chi connectivity index (χ3v) is 7.59. The molecule has 5 rings (SSSR count). The van der Waals surface area contributed by atoms with Gasteiger partial charge in [-0.2, -0.15) is 16.8 Å². The molecular formula is C20H14N2O9S2. The van der Waals surface area contributed by atoms with E-state index >= 15 is 0 Å². The molecule has 2 heterocycles. The highest BCUT2D eigenvalue weighted by atomic mass is 32.2. The van der Waals surface area contributed by atoms with E-state index < -0.39 is 70.4 Å². The molecule has 0 fully saturated rings. The summed E-state index contributed by atoms with van der Waals surface area (Å²) in [7, 11) is -10.1. The number of carbonyl (C=O) groups excluding carboxylic acids is 1. The van der Waals surface area contributed by atoms with E-state index in [1.807, 2.05) is 0 Å². The van der Waals surface area contributed by atoms with E-state index in [1.165, 1.54) is 30.3 Å². The maximum atomic E-state index is 12.8. The van der Waals surface area contributed by atoms with Gasteiger partial charge in [-0.05, 0) is 24.3 Å². The zero-order valence-electron chi connectivity index (χ0n) is 16.3. The molecule has 0 saturated heterocycles. The second-order valence-corrected chi connectivity index (χ2v) is 10.2. The van der Waals surface area contributed by atoms with Gasteiger partial charge in [-0.3, -0.25) is 14.5 Å². The molecule has 0 radical (unpaired) electrons. The van der Waals surface area contributed by atoms with Crippen molar-refractivity contribution in [3.63, 3.8) is 0 Å². The first-order valence-electron chi connectivity index (χ1n) is 9.27. The fourth-order valence-corrected chi connectivity index (χ4v) is 6.03. The first kappa shape index (κ1) is 21.3. The average Bonchev–Trinajstić information content (AvgIpc) is 2.99. The highest BCUT2D eigenvalue weighted by Crippen LogP contribution is 2.58. The molecule has 2 atom stereocenters. The molecule has 33 heavy (non-hydrogen) atoms. The van der Waals surface area contributed by atoms with Gasteiger partial charge >= 0.3 is 5.97 Å². The van der Waals surface area contributed by atoms with Gasteiger partial charge in [0.1, 0.15) is 5.76 Å². The lowest BCUT2D eigenvalue weighted by Crippen LogP contribution is -2.44. The van der Waals surface area contributed by atoms with Crippen molar-refractivity contribution >= 4 is 37.6 Å². The molecule has 1 spiro atoms. The lowest BCUT2D eigenvalue weighted by Gasteiger charge is -2.43. The summed E-state index contributed by atoms with van der Waals surface area (Å²) in [5.41, 5.74) is 3.27. The summed E-state index contributed by atoms with van der Waals surface area (Å²) in [5, 5.41) is 8.01. The Bertz CT molecular complexity index is 1570. The number of allylic oxidation sites excluding steroid dienone is 2. The van der Waals surface area contributed by atoms with E-state index in [-0.39, 0.29) is 16.7 Å². The van der Waals surface area contributed by atoms with Crippen LogP contribution in [-0.2, 0) is 30.6 Å². The summed E-state index contributed by atoms with van der Waals surface area (Å²) in [4.78, 5) is 11.0. The molecule has 170 valence electrons. The van der Waals surface area contributed by atoms with Gasteiger partial charge in [-0.25, -0.2) is 4.79 Å². The molecule has 0 amide bonds. The fourth-order valence-electron chi connectivity index (χ4n) is 4.51. The molecule has 0 bridgehead atoms. The van der Waals surface area contributed by atoms with Gasteiger partial charge in [0.2, 0.25) is 0 Å². The fraction of sp³-hybridized carbons (Fsp3) is 0.100. The van der Waals surface area contributed by atoms with Crippen molar-refractivity contribution in [3.8, 4) is 5.75 Å². The minimum atomic E-state index is -5.05. The second-order valence-electron chi connectivity index (χ2n) is 7.53. The molecular weight excluding hydrogens is 476 g/mol. The highest BCUT2D eigenvalue weighted by molar-refractivity contribution is 7.91. The molecule has 3 aliphatic rings. The van der Waals surface area contributed by atoms with Crippen molar-refractivity contribution in [1.82, 2.24) is 0 Å². The maximum absolute atomic E-state index is 12.8. The van der Waals surface area contributed by atoms with Crippen LogP contribution in [-0.4, -0.2) is 37.6 Å². The molecule has 13 heteroatoms. The normalized spacial score (nSPS) is 23.6. The van der Waals surface area contributed by atoms with Gasteiger partial charge in [0.25, 0.3) is 20.2 Å².